The molecule has 0 aliphatic rings. The Labute approximate surface area is 121 Å². The number of carbonyl (C=O) groups excluding carboxylic acids is 1. The molecule has 19 heavy (non-hydrogen) atoms. The van der Waals surface area contributed by atoms with Crippen LogP contribution in [0.15, 0.2) is 36.4 Å². The van der Waals surface area contributed by atoms with Crippen LogP contribution in [0.3, 0.4) is 0 Å². The van der Waals surface area contributed by atoms with Crippen molar-refractivity contribution in [1.82, 2.24) is 0 Å². The van der Waals surface area contributed by atoms with Gasteiger partial charge in [-0.3, -0.25) is 4.79 Å². The number of hydrogen-bond donors (Lipinski definition) is 0. The quantitative estimate of drug-likeness (QED) is 0.739. The van der Waals surface area contributed by atoms with Gasteiger partial charge in [-0.15, -0.1) is 0 Å². The van der Waals surface area contributed by atoms with Crippen LogP contribution in [-0.4, -0.2) is 5.78 Å². The summed E-state index contributed by atoms with van der Waals surface area (Å²) in [7, 11) is 0. The first-order valence-electron chi connectivity index (χ1n) is 5.71. The summed E-state index contributed by atoms with van der Waals surface area (Å²) in [5, 5.41) is 0.492. The maximum Gasteiger partial charge on any atom is 0.168 e. The smallest absolute Gasteiger partial charge is 0.168 e. The monoisotopic (exact) mass is 296 g/mol. The van der Waals surface area contributed by atoms with Gasteiger partial charge in [-0.1, -0.05) is 41.4 Å². The topological polar surface area (TPSA) is 17.1 Å². The van der Waals surface area contributed by atoms with Gasteiger partial charge in [0.15, 0.2) is 5.78 Å². The summed E-state index contributed by atoms with van der Waals surface area (Å²) in [4.78, 5) is 12.1. The molecule has 0 atom stereocenters. The molecule has 0 aromatic heterocycles. The first kappa shape index (κ1) is 14.0. The van der Waals surface area contributed by atoms with Gasteiger partial charge in [-0.2, -0.15) is 0 Å². The number of Topliss-reactive ketones (excluding diaryl/α,β-unsaturated/α-hetero) is 1. The van der Waals surface area contributed by atoms with Crippen molar-refractivity contribution >= 4 is 29.0 Å². The second kappa shape index (κ2) is 5.72. The van der Waals surface area contributed by atoms with E-state index in [1.54, 1.807) is 18.2 Å². The summed E-state index contributed by atoms with van der Waals surface area (Å²) < 4.78 is 13.3. The Bertz CT molecular complexity index is 638. The fourth-order valence-corrected chi connectivity index (χ4v) is 2.14. The van der Waals surface area contributed by atoms with E-state index in [-0.39, 0.29) is 17.2 Å². The molecular formula is C15H11Cl2FO. The molecule has 0 N–H and O–H groups in total. The van der Waals surface area contributed by atoms with Crippen LogP contribution >= 0.6 is 23.2 Å². The molecule has 0 unspecified atom stereocenters. The van der Waals surface area contributed by atoms with Gasteiger partial charge in [0.05, 0.1) is 10.0 Å². The fraction of sp³-hybridized carbons (Fsp3) is 0.133. The van der Waals surface area contributed by atoms with Crippen molar-refractivity contribution in [1.29, 1.82) is 0 Å². The Morgan fingerprint density at radius 1 is 1.21 bits per heavy atom. The minimum absolute atomic E-state index is 0.0461. The molecule has 0 heterocycles. The number of benzene rings is 2. The van der Waals surface area contributed by atoms with Gasteiger partial charge in [0.2, 0.25) is 0 Å². The van der Waals surface area contributed by atoms with Crippen molar-refractivity contribution < 1.29 is 9.18 Å². The molecule has 98 valence electrons. The lowest BCUT2D eigenvalue weighted by Gasteiger charge is -2.06. The van der Waals surface area contributed by atoms with Crippen LogP contribution in [-0.2, 0) is 6.42 Å². The molecule has 0 bridgehead atoms. The van der Waals surface area contributed by atoms with Crippen LogP contribution < -0.4 is 0 Å². The van der Waals surface area contributed by atoms with E-state index < -0.39 is 5.82 Å². The van der Waals surface area contributed by atoms with Crippen LogP contribution in [0.1, 0.15) is 21.5 Å². The van der Waals surface area contributed by atoms with Crippen molar-refractivity contribution in [2.75, 3.05) is 0 Å². The first-order valence-corrected chi connectivity index (χ1v) is 6.47. The average molecular weight is 297 g/mol. The Kier molecular flexibility index (Phi) is 4.23. The predicted molar refractivity (Wildman–Crippen MR) is 75.6 cm³/mol. The molecule has 2 aromatic carbocycles. The lowest BCUT2D eigenvalue weighted by Crippen LogP contribution is -2.05. The molecule has 0 saturated carbocycles. The molecule has 0 spiro atoms. The Morgan fingerprint density at radius 2 is 1.95 bits per heavy atom. The lowest BCUT2D eigenvalue weighted by molar-refractivity contribution is 0.0993. The van der Waals surface area contributed by atoms with Gasteiger partial charge in [-0.05, 0) is 36.2 Å². The van der Waals surface area contributed by atoms with E-state index in [1.807, 2.05) is 13.0 Å². The van der Waals surface area contributed by atoms with E-state index in [9.17, 15) is 9.18 Å². The molecule has 0 aliphatic carbocycles. The van der Waals surface area contributed by atoms with E-state index in [1.165, 1.54) is 12.1 Å². The summed E-state index contributed by atoms with van der Waals surface area (Å²) in [6.45, 7) is 1.83. The second-order valence-corrected chi connectivity index (χ2v) is 5.07. The molecular weight excluding hydrogens is 286 g/mol. The summed E-state index contributed by atoms with van der Waals surface area (Å²) in [5.74, 6) is -0.669. The maximum atomic E-state index is 13.3. The molecule has 2 aromatic rings. The number of rotatable bonds is 3. The van der Waals surface area contributed by atoms with Gasteiger partial charge in [0.1, 0.15) is 5.82 Å². The Balaban J connectivity index is 2.26. The summed E-state index contributed by atoms with van der Waals surface area (Å²) in [5.41, 5.74) is 1.87. The third kappa shape index (κ3) is 3.14. The third-order valence-electron chi connectivity index (χ3n) is 2.84. The van der Waals surface area contributed by atoms with E-state index in [0.717, 1.165) is 5.56 Å². The zero-order chi connectivity index (χ0) is 14.0. The van der Waals surface area contributed by atoms with Gasteiger partial charge >= 0.3 is 0 Å². The predicted octanol–water partition coefficient (Wildman–Crippen LogP) is 4.87. The van der Waals surface area contributed by atoms with Crippen LogP contribution in [0.2, 0.25) is 10.0 Å². The van der Waals surface area contributed by atoms with Crippen molar-refractivity contribution in [3.8, 4) is 0 Å². The number of hydrogen-bond acceptors (Lipinski definition) is 1. The SMILES string of the molecule is Cc1cccc(C(=O)Cc2ccc(Cl)c(F)c2)c1Cl. The third-order valence-corrected chi connectivity index (χ3v) is 3.65. The van der Waals surface area contributed by atoms with E-state index >= 15 is 0 Å². The number of ketones is 1. The normalized spacial score (nSPS) is 10.5. The largest absolute Gasteiger partial charge is 0.294 e. The molecule has 0 aliphatic heterocycles. The minimum atomic E-state index is -0.526. The van der Waals surface area contributed by atoms with Crippen molar-refractivity contribution in [3.63, 3.8) is 0 Å². The van der Waals surface area contributed by atoms with Crippen LogP contribution in [0.4, 0.5) is 4.39 Å². The van der Waals surface area contributed by atoms with Gasteiger partial charge < -0.3 is 0 Å². The maximum absolute atomic E-state index is 13.3. The van der Waals surface area contributed by atoms with E-state index in [0.29, 0.717) is 16.1 Å². The van der Waals surface area contributed by atoms with Crippen LogP contribution in [0, 0.1) is 12.7 Å². The molecule has 4 heteroatoms. The van der Waals surface area contributed by atoms with E-state index in [4.69, 9.17) is 23.2 Å². The molecule has 0 fully saturated rings. The molecule has 1 nitrogen and oxygen atoms in total. The van der Waals surface area contributed by atoms with Crippen LogP contribution in [0.25, 0.3) is 0 Å². The average Bonchev–Trinajstić information content (AvgIpc) is 2.37. The summed E-state index contributed by atoms with van der Waals surface area (Å²) in [6, 6.07) is 9.62. The number of halogens is 3. The Morgan fingerprint density at radius 3 is 2.63 bits per heavy atom. The molecule has 0 saturated heterocycles. The standard InChI is InChI=1S/C15H11Cl2FO/c1-9-3-2-4-11(15(9)17)14(19)8-10-5-6-12(16)13(18)7-10/h2-7H,8H2,1H3. The van der Waals surface area contributed by atoms with Crippen molar-refractivity contribution in [2.24, 2.45) is 0 Å². The summed E-state index contributed by atoms with van der Waals surface area (Å²) >= 11 is 11.7. The zero-order valence-electron chi connectivity index (χ0n) is 10.2. The van der Waals surface area contributed by atoms with Gasteiger partial charge in [0.25, 0.3) is 0 Å². The number of carbonyl (C=O) groups is 1. The molecule has 2 rings (SSSR count). The lowest BCUT2D eigenvalue weighted by atomic mass is 10.0. The minimum Gasteiger partial charge on any atom is -0.294 e. The second-order valence-electron chi connectivity index (χ2n) is 4.28. The highest BCUT2D eigenvalue weighted by Gasteiger charge is 2.13. The molecule has 0 radical (unpaired) electrons. The Hall–Kier alpha value is -1.38. The number of aryl methyl sites for hydroxylation is 1. The van der Waals surface area contributed by atoms with Crippen molar-refractivity contribution in [2.45, 2.75) is 13.3 Å². The summed E-state index contributed by atoms with van der Waals surface area (Å²) in [6.07, 6.45) is 0.0945. The van der Waals surface area contributed by atoms with Gasteiger partial charge in [-0.25, -0.2) is 4.39 Å². The van der Waals surface area contributed by atoms with E-state index in [2.05, 4.69) is 0 Å². The zero-order valence-corrected chi connectivity index (χ0v) is 11.7. The highest BCUT2D eigenvalue weighted by Crippen LogP contribution is 2.23. The molecule has 0 amide bonds. The van der Waals surface area contributed by atoms with Crippen LogP contribution in [0.5, 0.6) is 0 Å². The van der Waals surface area contributed by atoms with Gasteiger partial charge in [0, 0.05) is 12.0 Å². The first-order chi connectivity index (χ1) is 8.99. The highest BCUT2D eigenvalue weighted by molar-refractivity contribution is 6.34. The fourth-order valence-electron chi connectivity index (χ4n) is 1.79. The van der Waals surface area contributed by atoms with Crippen molar-refractivity contribution in [3.05, 3.63) is 69.0 Å². The highest BCUT2D eigenvalue weighted by atomic mass is 35.5.